The average Bonchev–Trinajstić information content (AvgIpc) is 3.47. The van der Waals surface area contributed by atoms with Crippen LogP contribution in [0.4, 0.5) is 24.8 Å². The number of carbonyl (C=O) groups is 1. The molecule has 0 bridgehead atoms. The predicted molar refractivity (Wildman–Crippen MR) is 140 cm³/mol. The summed E-state index contributed by atoms with van der Waals surface area (Å²) in [7, 11) is 0. The van der Waals surface area contributed by atoms with Crippen molar-refractivity contribution in [1.82, 2.24) is 24.3 Å². The lowest BCUT2D eigenvalue weighted by Gasteiger charge is -2.24. The summed E-state index contributed by atoms with van der Waals surface area (Å²) >= 11 is 0. The topological polar surface area (TPSA) is 131 Å². The molecule has 9 nitrogen and oxygen atoms in total. The number of nitrogens with two attached hydrogens (primary N) is 1. The first-order chi connectivity index (χ1) is 19.0. The van der Waals surface area contributed by atoms with Crippen molar-refractivity contribution in [2.45, 2.75) is 31.6 Å². The van der Waals surface area contributed by atoms with Crippen LogP contribution >= 0.6 is 0 Å². The second kappa shape index (κ2) is 8.76. The van der Waals surface area contributed by atoms with Gasteiger partial charge in [0.25, 0.3) is 5.92 Å². The van der Waals surface area contributed by atoms with E-state index >= 15 is 0 Å². The Morgan fingerprint density at radius 3 is 2.65 bits per heavy atom. The Morgan fingerprint density at radius 2 is 1.93 bits per heavy atom. The van der Waals surface area contributed by atoms with E-state index in [0.29, 0.717) is 29.5 Å². The molecule has 202 valence electrons. The first-order valence-corrected chi connectivity index (χ1v) is 12.2. The molecule has 1 aliphatic heterocycles. The van der Waals surface area contributed by atoms with Crippen LogP contribution in [0.3, 0.4) is 0 Å². The molecule has 1 amide bonds. The Kier molecular flexibility index (Phi) is 5.54. The molecule has 2 aromatic carbocycles. The minimum Gasteiger partial charge on any atom is -0.507 e. The number of nitrogen functional groups attached to an aromatic ring is 1. The molecule has 0 aliphatic carbocycles. The summed E-state index contributed by atoms with van der Waals surface area (Å²) in [5, 5.41) is 13.0. The van der Waals surface area contributed by atoms with Gasteiger partial charge in [-0.15, -0.1) is 0 Å². The highest BCUT2D eigenvalue weighted by Crippen LogP contribution is 2.46. The van der Waals surface area contributed by atoms with Crippen LogP contribution in [-0.4, -0.2) is 35.4 Å². The number of anilines is 2. The smallest absolute Gasteiger partial charge is 0.274 e. The van der Waals surface area contributed by atoms with Crippen molar-refractivity contribution in [2.24, 2.45) is 0 Å². The van der Waals surface area contributed by atoms with Crippen LogP contribution in [0, 0.1) is 5.82 Å². The number of nitrogens with zero attached hydrogens (tertiary/aromatic N) is 5. The molecule has 0 saturated carbocycles. The number of nitrogens with one attached hydrogen (secondary N) is 1. The van der Waals surface area contributed by atoms with Crippen LogP contribution in [0.2, 0.25) is 0 Å². The van der Waals surface area contributed by atoms with Crippen LogP contribution < -0.4 is 11.1 Å². The fourth-order valence-corrected chi connectivity index (χ4v) is 5.06. The van der Waals surface area contributed by atoms with Gasteiger partial charge < -0.3 is 20.6 Å². The summed E-state index contributed by atoms with van der Waals surface area (Å²) in [6.45, 7) is 2.22. The Hall–Kier alpha value is -5.00. The number of hydrogen-bond acceptors (Lipinski definition) is 7. The first-order valence-electron chi connectivity index (χ1n) is 12.2. The summed E-state index contributed by atoms with van der Waals surface area (Å²) in [5.74, 6) is -4.62. The molecule has 0 saturated heterocycles. The summed E-state index contributed by atoms with van der Waals surface area (Å²) in [4.78, 5) is 31.2. The highest BCUT2D eigenvalue weighted by molar-refractivity contribution is 6.09. The lowest BCUT2D eigenvalue weighted by atomic mass is 9.77. The lowest BCUT2D eigenvalue weighted by molar-refractivity contribution is -0.119. The van der Waals surface area contributed by atoms with E-state index in [0.717, 1.165) is 12.1 Å². The summed E-state index contributed by atoms with van der Waals surface area (Å²) in [6.07, 6.45) is 5.10. The highest BCUT2D eigenvalue weighted by atomic mass is 19.3. The van der Waals surface area contributed by atoms with Gasteiger partial charge in [0.2, 0.25) is 5.91 Å². The van der Waals surface area contributed by atoms with Crippen molar-refractivity contribution < 1.29 is 23.1 Å². The number of fused-ring (bicyclic) bond motifs is 2. The maximum atomic E-state index is 14.4. The zero-order valence-corrected chi connectivity index (χ0v) is 21.3. The normalized spacial score (nSPS) is 16.8. The standard InChI is InChI=1S/C28H22F3N7O2/c1-27(15-7-8-16(20(39)12-15)28(2,30)31)21-22(32)35-23(36-24(21)37-26(27)40)19-13-38-10-9-33-25(38)18(34-19)11-14-5-3-4-6-17(14)29/h3-10,12-13,39H,11H2,1-2H3,(H3,32,35,36,37,40). The number of aromatic hydroxyl groups is 1. The number of rotatable bonds is 5. The van der Waals surface area contributed by atoms with Gasteiger partial charge in [0.1, 0.15) is 34.3 Å². The van der Waals surface area contributed by atoms with Crippen molar-refractivity contribution >= 4 is 23.2 Å². The molecule has 0 fully saturated rings. The summed E-state index contributed by atoms with van der Waals surface area (Å²) < 4.78 is 43.8. The third-order valence-electron chi connectivity index (χ3n) is 7.16. The fraction of sp³-hybridized carbons (Fsp3) is 0.179. The molecule has 4 N–H and O–H groups in total. The van der Waals surface area contributed by atoms with Gasteiger partial charge >= 0.3 is 0 Å². The quantitative estimate of drug-likeness (QED) is 0.295. The van der Waals surface area contributed by atoms with Crippen molar-refractivity contribution in [3.8, 4) is 17.3 Å². The zero-order valence-electron chi connectivity index (χ0n) is 21.3. The molecule has 3 aromatic heterocycles. The number of hydrogen-bond donors (Lipinski definition) is 3. The number of carbonyl (C=O) groups excluding carboxylic acids is 1. The molecule has 40 heavy (non-hydrogen) atoms. The summed E-state index contributed by atoms with van der Waals surface area (Å²) in [5.41, 5.74) is 6.58. The summed E-state index contributed by atoms with van der Waals surface area (Å²) in [6, 6.07) is 9.91. The number of phenolic OH excluding ortho intramolecular Hbond substituents is 1. The second-order valence-corrected chi connectivity index (χ2v) is 9.85. The Bertz CT molecular complexity index is 1830. The van der Waals surface area contributed by atoms with E-state index in [1.165, 1.54) is 12.1 Å². The van der Waals surface area contributed by atoms with Crippen LogP contribution in [0.15, 0.2) is 61.1 Å². The van der Waals surface area contributed by atoms with Gasteiger partial charge in [-0.25, -0.2) is 33.1 Å². The molecule has 12 heteroatoms. The Labute approximate surface area is 225 Å². The zero-order chi connectivity index (χ0) is 28.4. The van der Waals surface area contributed by atoms with Gasteiger partial charge in [0.05, 0.1) is 16.8 Å². The highest BCUT2D eigenvalue weighted by Gasteiger charge is 2.48. The molecular weight excluding hydrogens is 523 g/mol. The van der Waals surface area contributed by atoms with Crippen LogP contribution in [0.1, 0.15) is 41.8 Å². The number of benzene rings is 2. The molecule has 1 unspecified atom stereocenters. The van der Waals surface area contributed by atoms with E-state index in [1.807, 2.05) is 0 Å². The lowest BCUT2D eigenvalue weighted by Crippen LogP contribution is -2.33. The number of amides is 1. The molecule has 1 atom stereocenters. The number of phenols is 1. The fourth-order valence-electron chi connectivity index (χ4n) is 5.06. The number of imidazole rings is 1. The van der Waals surface area contributed by atoms with Crippen LogP contribution in [0.5, 0.6) is 5.75 Å². The average molecular weight is 546 g/mol. The van der Waals surface area contributed by atoms with Crippen molar-refractivity contribution in [2.75, 3.05) is 11.1 Å². The third-order valence-corrected chi connectivity index (χ3v) is 7.16. The molecule has 0 radical (unpaired) electrons. The third kappa shape index (κ3) is 3.91. The molecule has 1 aliphatic rings. The molecule has 6 rings (SSSR count). The van der Waals surface area contributed by atoms with E-state index in [9.17, 15) is 23.1 Å². The van der Waals surface area contributed by atoms with Gasteiger partial charge in [0.15, 0.2) is 11.5 Å². The predicted octanol–water partition coefficient (Wildman–Crippen LogP) is 4.57. The molecule has 5 aromatic rings. The Balaban J connectivity index is 1.44. The van der Waals surface area contributed by atoms with E-state index in [-0.39, 0.29) is 40.8 Å². The van der Waals surface area contributed by atoms with Crippen molar-refractivity contribution in [3.63, 3.8) is 0 Å². The van der Waals surface area contributed by atoms with Gasteiger partial charge in [-0.3, -0.25) is 4.79 Å². The number of aromatic nitrogens is 5. The minimum atomic E-state index is -3.27. The maximum absolute atomic E-state index is 14.4. The number of alkyl halides is 2. The van der Waals surface area contributed by atoms with Crippen LogP contribution in [-0.2, 0) is 22.6 Å². The Morgan fingerprint density at radius 1 is 1.15 bits per heavy atom. The molecular formula is C28H22F3N7O2. The van der Waals surface area contributed by atoms with E-state index in [4.69, 9.17) is 5.73 Å². The van der Waals surface area contributed by atoms with Crippen molar-refractivity contribution in [1.29, 1.82) is 0 Å². The second-order valence-electron chi connectivity index (χ2n) is 9.85. The van der Waals surface area contributed by atoms with E-state index in [2.05, 4.69) is 25.3 Å². The number of halogens is 3. The van der Waals surface area contributed by atoms with Gasteiger partial charge in [-0.2, -0.15) is 0 Å². The first kappa shape index (κ1) is 25.3. The van der Waals surface area contributed by atoms with E-state index in [1.54, 1.807) is 48.1 Å². The monoisotopic (exact) mass is 545 g/mol. The van der Waals surface area contributed by atoms with Crippen molar-refractivity contribution in [3.05, 3.63) is 94.8 Å². The van der Waals surface area contributed by atoms with Crippen LogP contribution in [0.25, 0.3) is 17.2 Å². The SMILES string of the molecule is CC(F)(F)c1ccc(C2(C)C(=O)Nc3nc(-c4cn5ccnc5c(Cc5ccccc5F)n4)nc(N)c32)cc1O. The molecule has 4 heterocycles. The molecule has 0 spiro atoms. The van der Waals surface area contributed by atoms with Gasteiger partial charge in [-0.1, -0.05) is 24.3 Å². The minimum absolute atomic E-state index is 0.0339. The maximum Gasteiger partial charge on any atom is 0.274 e. The van der Waals surface area contributed by atoms with Gasteiger partial charge in [-0.05, 0) is 36.2 Å². The van der Waals surface area contributed by atoms with E-state index < -0.39 is 28.6 Å². The van der Waals surface area contributed by atoms with Gasteiger partial charge in [0, 0.05) is 31.9 Å². The largest absolute Gasteiger partial charge is 0.507 e.